The minimum absolute atomic E-state index is 0.176. The van der Waals surface area contributed by atoms with E-state index in [0.717, 1.165) is 0 Å². The lowest BCUT2D eigenvalue weighted by Gasteiger charge is -2.23. The van der Waals surface area contributed by atoms with Crippen molar-refractivity contribution < 1.29 is 14.3 Å². The molecule has 0 fully saturated rings. The number of amides is 1. The number of nitrogens with one attached hydrogen (secondary N) is 2. The molecule has 144 valence electrons. The van der Waals surface area contributed by atoms with Gasteiger partial charge in [0.2, 0.25) is 12.7 Å². The van der Waals surface area contributed by atoms with E-state index in [2.05, 4.69) is 15.3 Å². The van der Waals surface area contributed by atoms with Gasteiger partial charge in [-0.2, -0.15) is 0 Å². The van der Waals surface area contributed by atoms with Crippen molar-refractivity contribution in [2.45, 2.75) is 19.5 Å². The number of nitrogens with zero attached hydrogens (tertiary/aromatic N) is 2. The average Bonchev–Trinajstić information content (AvgIpc) is 3.15. The molecule has 2 heterocycles. The van der Waals surface area contributed by atoms with Crippen LogP contribution in [0.1, 0.15) is 12.7 Å². The zero-order valence-corrected chi connectivity index (χ0v) is 15.6. The number of hydrogen-bond donors (Lipinski definition) is 2. The molecule has 3 aromatic rings. The van der Waals surface area contributed by atoms with Gasteiger partial charge in [-0.15, -0.1) is 0 Å². The SMILES string of the molecule is CC(C(=O)Nc1ccc2c(c1)OCO2)N(C)Cc1nc2ccccc2c(=O)[nH]1. The highest BCUT2D eigenvalue weighted by Gasteiger charge is 2.21. The Morgan fingerprint density at radius 1 is 1.25 bits per heavy atom. The molecule has 2 aromatic carbocycles. The zero-order valence-electron chi connectivity index (χ0n) is 15.6. The van der Waals surface area contributed by atoms with Gasteiger partial charge in [0.1, 0.15) is 5.82 Å². The van der Waals surface area contributed by atoms with Gasteiger partial charge in [0.15, 0.2) is 11.5 Å². The minimum Gasteiger partial charge on any atom is -0.454 e. The van der Waals surface area contributed by atoms with Crippen molar-refractivity contribution in [3.05, 3.63) is 58.6 Å². The van der Waals surface area contributed by atoms with E-state index in [1.54, 1.807) is 50.4 Å². The zero-order chi connectivity index (χ0) is 19.7. The third-order valence-corrected chi connectivity index (χ3v) is 4.74. The summed E-state index contributed by atoms with van der Waals surface area (Å²) in [5.41, 5.74) is 1.07. The summed E-state index contributed by atoms with van der Waals surface area (Å²) in [4.78, 5) is 33.9. The quantitative estimate of drug-likeness (QED) is 0.704. The number of benzene rings is 2. The molecule has 8 heteroatoms. The minimum atomic E-state index is -0.442. The van der Waals surface area contributed by atoms with Gasteiger partial charge in [0.05, 0.1) is 23.5 Å². The van der Waals surface area contributed by atoms with Crippen LogP contribution in [0.3, 0.4) is 0 Å². The summed E-state index contributed by atoms with van der Waals surface area (Å²) < 4.78 is 10.6. The number of likely N-dealkylation sites (N-methyl/N-ethyl adjacent to an activating group) is 1. The van der Waals surface area contributed by atoms with Gasteiger partial charge in [-0.1, -0.05) is 12.1 Å². The van der Waals surface area contributed by atoms with Crippen LogP contribution in [-0.2, 0) is 11.3 Å². The standard InChI is InChI=1S/C20H20N4O4/c1-12(19(25)21-13-7-8-16-17(9-13)28-11-27-16)24(2)10-18-22-15-6-4-3-5-14(15)20(26)23-18/h3-9,12H,10-11H2,1-2H3,(H,21,25)(H,22,23,26). The third-order valence-electron chi connectivity index (χ3n) is 4.74. The van der Waals surface area contributed by atoms with E-state index in [-0.39, 0.29) is 18.3 Å². The Bertz CT molecular complexity index is 1100. The van der Waals surface area contributed by atoms with Crippen LogP contribution in [0.2, 0.25) is 0 Å². The lowest BCUT2D eigenvalue weighted by atomic mass is 10.2. The predicted octanol–water partition coefficient (Wildman–Crippen LogP) is 2.11. The van der Waals surface area contributed by atoms with Gasteiger partial charge in [-0.05, 0) is 38.2 Å². The third kappa shape index (κ3) is 3.54. The summed E-state index contributed by atoms with van der Waals surface area (Å²) in [7, 11) is 1.80. The number of H-pyrrole nitrogens is 1. The van der Waals surface area contributed by atoms with Crippen LogP contribution in [0.15, 0.2) is 47.3 Å². The smallest absolute Gasteiger partial charge is 0.258 e. The van der Waals surface area contributed by atoms with Gasteiger partial charge in [-0.25, -0.2) is 4.98 Å². The molecule has 1 aromatic heterocycles. The van der Waals surface area contributed by atoms with Crippen molar-refractivity contribution in [3.63, 3.8) is 0 Å². The largest absolute Gasteiger partial charge is 0.454 e. The first-order valence-corrected chi connectivity index (χ1v) is 8.90. The molecule has 0 bridgehead atoms. The highest BCUT2D eigenvalue weighted by atomic mass is 16.7. The number of aromatic nitrogens is 2. The molecular formula is C20H20N4O4. The number of ether oxygens (including phenoxy) is 2. The van der Waals surface area contributed by atoms with E-state index < -0.39 is 6.04 Å². The van der Waals surface area contributed by atoms with Crippen molar-refractivity contribution in [2.24, 2.45) is 0 Å². The topological polar surface area (TPSA) is 96.6 Å². The monoisotopic (exact) mass is 380 g/mol. The molecule has 1 atom stereocenters. The fourth-order valence-electron chi connectivity index (χ4n) is 3.00. The first-order valence-electron chi connectivity index (χ1n) is 8.90. The van der Waals surface area contributed by atoms with Crippen LogP contribution >= 0.6 is 0 Å². The second-order valence-electron chi connectivity index (χ2n) is 6.68. The fourth-order valence-corrected chi connectivity index (χ4v) is 3.00. The predicted molar refractivity (Wildman–Crippen MR) is 104 cm³/mol. The normalized spacial score (nSPS) is 13.7. The summed E-state index contributed by atoms with van der Waals surface area (Å²) in [5, 5.41) is 3.41. The van der Waals surface area contributed by atoms with E-state index in [4.69, 9.17) is 9.47 Å². The molecule has 4 rings (SSSR count). The van der Waals surface area contributed by atoms with Gasteiger partial charge < -0.3 is 19.8 Å². The lowest BCUT2D eigenvalue weighted by molar-refractivity contribution is -0.120. The van der Waals surface area contributed by atoms with Crippen LogP contribution in [-0.4, -0.2) is 40.7 Å². The van der Waals surface area contributed by atoms with E-state index in [1.807, 2.05) is 11.0 Å². The molecule has 1 unspecified atom stereocenters. The van der Waals surface area contributed by atoms with Crippen LogP contribution in [0.4, 0.5) is 5.69 Å². The van der Waals surface area contributed by atoms with Gasteiger partial charge in [0.25, 0.3) is 5.56 Å². The Kier molecular flexibility index (Phi) is 4.70. The van der Waals surface area contributed by atoms with Crippen molar-refractivity contribution in [1.82, 2.24) is 14.9 Å². The number of rotatable bonds is 5. The average molecular weight is 380 g/mol. The maximum absolute atomic E-state index is 12.6. The molecule has 0 aliphatic carbocycles. The van der Waals surface area contributed by atoms with Crippen molar-refractivity contribution in [3.8, 4) is 11.5 Å². The first kappa shape index (κ1) is 18.0. The number of hydrogen-bond acceptors (Lipinski definition) is 6. The molecule has 8 nitrogen and oxygen atoms in total. The summed E-state index contributed by atoms with van der Waals surface area (Å²) in [5.74, 6) is 1.60. The van der Waals surface area contributed by atoms with Crippen LogP contribution in [0.5, 0.6) is 11.5 Å². The van der Waals surface area contributed by atoms with Crippen LogP contribution in [0, 0.1) is 0 Å². The Hall–Kier alpha value is -3.39. The van der Waals surface area contributed by atoms with Gasteiger partial charge in [-0.3, -0.25) is 14.5 Å². The van der Waals surface area contributed by atoms with Crippen LogP contribution in [0.25, 0.3) is 10.9 Å². The molecule has 0 saturated carbocycles. The Balaban J connectivity index is 1.45. The van der Waals surface area contributed by atoms with Gasteiger partial charge in [0, 0.05) is 11.8 Å². The number of fused-ring (bicyclic) bond motifs is 2. The molecule has 0 spiro atoms. The van der Waals surface area contributed by atoms with E-state index in [9.17, 15) is 9.59 Å². The van der Waals surface area contributed by atoms with Crippen molar-refractivity contribution in [2.75, 3.05) is 19.2 Å². The van der Waals surface area contributed by atoms with Crippen molar-refractivity contribution >= 4 is 22.5 Å². The Morgan fingerprint density at radius 3 is 2.89 bits per heavy atom. The summed E-state index contributed by atoms with van der Waals surface area (Å²) in [6, 6.07) is 12.0. The lowest BCUT2D eigenvalue weighted by Crippen LogP contribution is -2.39. The first-order chi connectivity index (χ1) is 13.5. The van der Waals surface area contributed by atoms with Gasteiger partial charge >= 0.3 is 0 Å². The molecule has 1 amide bonds. The second kappa shape index (κ2) is 7.32. The van der Waals surface area contributed by atoms with Crippen molar-refractivity contribution in [1.29, 1.82) is 0 Å². The summed E-state index contributed by atoms with van der Waals surface area (Å²) >= 11 is 0. The maximum atomic E-state index is 12.6. The molecule has 1 aliphatic heterocycles. The highest BCUT2D eigenvalue weighted by molar-refractivity contribution is 5.94. The summed E-state index contributed by atoms with van der Waals surface area (Å²) in [6.07, 6.45) is 0. The highest BCUT2D eigenvalue weighted by Crippen LogP contribution is 2.34. The van der Waals surface area contributed by atoms with E-state index in [1.165, 1.54) is 0 Å². The second-order valence-corrected chi connectivity index (χ2v) is 6.68. The molecule has 2 N–H and O–H groups in total. The Morgan fingerprint density at radius 2 is 2.04 bits per heavy atom. The number of carbonyl (C=O) groups is 1. The number of carbonyl (C=O) groups excluding carboxylic acids is 1. The van der Waals surface area contributed by atoms with E-state index in [0.29, 0.717) is 40.5 Å². The molecule has 28 heavy (non-hydrogen) atoms. The number of aromatic amines is 1. The maximum Gasteiger partial charge on any atom is 0.258 e. The number of anilines is 1. The summed E-state index contributed by atoms with van der Waals surface area (Å²) in [6.45, 7) is 2.31. The van der Waals surface area contributed by atoms with E-state index >= 15 is 0 Å². The fraction of sp³-hybridized carbons (Fsp3) is 0.250. The molecular weight excluding hydrogens is 360 g/mol. The number of para-hydroxylation sites is 1. The molecule has 1 aliphatic rings. The Labute approximate surface area is 161 Å². The van der Waals surface area contributed by atoms with Crippen LogP contribution < -0.4 is 20.3 Å². The molecule has 0 radical (unpaired) electrons. The molecule has 0 saturated heterocycles.